The second kappa shape index (κ2) is 8.76. The van der Waals surface area contributed by atoms with Crippen LogP contribution in [0.1, 0.15) is 0 Å². The van der Waals surface area contributed by atoms with Crippen molar-refractivity contribution in [3.63, 3.8) is 0 Å². The lowest BCUT2D eigenvalue weighted by Crippen LogP contribution is -2.09. The fourth-order valence-electron chi connectivity index (χ4n) is 4.61. The van der Waals surface area contributed by atoms with Gasteiger partial charge < -0.3 is 9.47 Å². The third-order valence-electron chi connectivity index (χ3n) is 6.19. The maximum Gasteiger partial charge on any atom is 0.0536 e. The summed E-state index contributed by atoms with van der Waals surface area (Å²) in [5.74, 6) is 0. The highest BCUT2D eigenvalue weighted by Crippen LogP contribution is 2.39. The monoisotopic (exact) mass is 436 g/mol. The molecule has 0 amide bonds. The van der Waals surface area contributed by atoms with Crippen LogP contribution in [0.5, 0.6) is 0 Å². The van der Waals surface area contributed by atoms with Gasteiger partial charge in [0.15, 0.2) is 0 Å². The molecule has 0 fully saturated rings. The van der Waals surface area contributed by atoms with Crippen molar-refractivity contribution in [1.82, 2.24) is 4.57 Å². The number of hydrogen-bond acceptors (Lipinski definition) is 1. The van der Waals surface area contributed by atoms with Crippen molar-refractivity contribution < 1.29 is 0 Å². The highest BCUT2D eigenvalue weighted by atomic mass is 15.1. The molecule has 0 radical (unpaired) electrons. The maximum atomic E-state index is 2.32. The first-order chi connectivity index (χ1) is 16.9. The molecule has 0 aliphatic rings. The van der Waals surface area contributed by atoms with E-state index in [0.29, 0.717) is 0 Å². The third kappa shape index (κ3) is 3.66. The number of rotatable bonds is 5. The minimum Gasteiger partial charge on any atom is -0.316 e. The van der Waals surface area contributed by atoms with Crippen molar-refractivity contribution in [2.75, 3.05) is 4.90 Å². The molecule has 0 aliphatic carbocycles. The van der Waals surface area contributed by atoms with E-state index >= 15 is 0 Å². The molecule has 0 saturated heterocycles. The molecule has 162 valence electrons. The van der Waals surface area contributed by atoms with Crippen LogP contribution in [-0.4, -0.2) is 4.57 Å². The van der Waals surface area contributed by atoms with Gasteiger partial charge >= 0.3 is 0 Å². The number of para-hydroxylation sites is 3. The Kier molecular flexibility index (Phi) is 5.17. The summed E-state index contributed by atoms with van der Waals surface area (Å²) < 4.78 is 2.29. The van der Waals surface area contributed by atoms with Crippen LogP contribution in [0.3, 0.4) is 0 Å². The summed E-state index contributed by atoms with van der Waals surface area (Å²) in [5.41, 5.74) is 8.19. The smallest absolute Gasteiger partial charge is 0.0536 e. The molecule has 34 heavy (non-hydrogen) atoms. The van der Waals surface area contributed by atoms with E-state index in [1.165, 1.54) is 22.0 Å². The first-order valence-electron chi connectivity index (χ1n) is 11.5. The van der Waals surface area contributed by atoms with Gasteiger partial charge in [0.1, 0.15) is 0 Å². The second-order valence-electron chi connectivity index (χ2n) is 8.32. The molecule has 0 N–H and O–H groups in total. The van der Waals surface area contributed by atoms with Gasteiger partial charge in [-0.1, -0.05) is 84.9 Å². The number of anilines is 3. The molecule has 1 aromatic heterocycles. The number of aromatic nitrogens is 1. The Balaban J connectivity index is 1.60. The number of fused-ring (bicyclic) bond motifs is 1. The SMILES string of the molecule is c1ccc(-c2cn(-c3ccccc3)c3ccc(N(c4ccccc4)c4ccccc4)cc23)cc1. The van der Waals surface area contributed by atoms with Gasteiger partial charge in [-0.15, -0.1) is 0 Å². The van der Waals surface area contributed by atoms with E-state index in [1.807, 2.05) is 0 Å². The maximum absolute atomic E-state index is 2.32. The third-order valence-corrected chi connectivity index (χ3v) is 6.19. The molecule has 0 bridgehead atoms. The molecule has 0 atom stereocenters. The molecule has 6 aromatic rings. The zero-order valence-electron chi connectivity index (χ0n) is 18.8. The van der Waals surface area contributed by atoms with Gasteiger partial charge in [-0.2, -0.15) is 0 Å². The highest BCUT2D eigenvalue weighted by Gasteiger charge is 2.16. The molecule has 0 saturated carbocycles. The molecule has 2 nitrogen and oxygen atoms in total. The molecule has 2 heteroatoms. The quantitative estimate of drug-likeness (QED) is 0.262. The summed E-state index contributed by atoms with van der Waals surface area (Å²) in [6.45, 7) is 0. The Morgan fingerprint density at radius 2 is 1.00 bits per heavy atom. The predicted octanol–water partition coefficient (Wildman–Crippen LogP) is 8.77. The zero-order chi connectivity index (χ0) is 22.7. The van der Waals surface area contributed by atoms with E-state index in [2.05, 4.69) is 155 Å². The van der Waals surface area contributed by atoms with E-state index < -0.39 is 0 Å². The van der Waals surface area contributed by atoms with Crippen LogP contribution in [0.2, 0.25) is 0 Å². The zero-order valence-corrected chi connectivity index (χ0v) is 18.8. The summed E-state index contributed by atoms with van der Waals surface area (Å²) in [5, 5.41) is 1.23. The Labute approximate surface area is 200 Å². The lowest BCUT2D eigenvalue weighted by atomic mass is 10.0. The molecule has 0 unspecified atom stereocenters. The average Bonchev–Trinajstić information content (AvgIpc) is 3.30. The van der Waals surface area contributed by atoms with E-state index in [-0.39, 0.29) is 0 Å². The van der Waals surface area contributed by atoms with E-state index in [0.717, 1.165) is 22.7 Å². The standard InChI is InChI=1S/C32H24N2/c1-5-13-25(14-6-1)31-24-33(26-15-7-2-8-16-26)32-22-21-29(23-30(31)32)34(27-17-9-3-10-18-27)28-19-11-4-12-20-28/h1-24H. The Morgan fingerprint density at radius 3 is 1.59 bits per heavy atom. The van der Waals surface area contributed by atoms with Gasteiger partial charge in [-0.25, -0.2) is 0 Å². The molecular weight excluding hydrogens is 412 g/mol. The number of nitrogens with zero attached hydrogens (tertiary/aromatic N) is 2. The first-order valence-corrected chi connectivity index (χ1v) is 11.5. The first kappa shape index (κ1) is 20.1. The van der Waals surface area contributed by atoms with E-state index in [1.54, 1.807) is 0 Å². The summed E-state index contributed by atoms with van der Waals surface area (Å²) in [6.07, 6.45) is 2.26. The minimum absolute atomic E-state index is 1.13. The van der Waals surface area contributed by atoms with Gasteiger partial charge in [0.05, 0.1) is 5.52 Å². The van der Waals surface area contributed by atoms with Crippen molar-refractivity contribution in [2.45, 2.75) is 0 Å². The highest BCUT2D eigenvalue weighted by molar-refractivity contribution is 6.00. The van der Waals surface area contributed by atoms with Crippen molar-refractivity contribution in [2.24, 2.45) is 0 Å². The Bertz CT molecular complexity index is 1480. The summed E-state index contributed by atoms with van der Waals surface area (Å²) >= 11 is 0. The van der Waals surface area contributed by atoms with Crippen LogP contribution < -0.4 is 4.90 Å². The van der Waals surface area contributed by atoms with Crippen molar-refractivity contribution in [3.8, 4) is 16.8 Å². The topological polar surface area (TPSA) is 8.17 Å². The van der Waals surface area contributed by atoms with Gasteiger partial charge in [-0.05, 0) is 60.2 Å². The largest absolute Gasteiger partial charge is 0.316 e. The summed E-state index contributed by atoms with van der Waals surface area (Å²) in [7, 11) is 0. The van der Waals surface area contributed by atoms with E-state index in [9.17, 15) is 0 Å². The normalized spacial score (nSPS) is 10.9. The van der Waals surface area contributed by atoms with Crippen molar-refractivity contribution in [3.05, 3.63) is 146 Å². The van der Waals surface area contributed by atoms with Crippen molar-refractivity contribution in [1.29, 1.82) is 0 Å². The van der Waals surface area contributed by atoms with Crippen LogP contribution in [-0.2, 0) is 0 Å². The summed E-state index contributed by atoms with van der Waals surface area (Å²) in [4.78, 5) is 2.31. The van der Waals surface area contributed by atoms with Crippen LogP contribution in [0.15, 0.2) is 146 Å². The average molecular weight is 437 g/mol. The molecule has 6 rings (SSSR count). The van der Waals surface area contributed by atoms with Crippen LogP contribution in [0, 0.1) is 0 Å². The Morgan fingerprint density at radius 1 is 0.471 bits per heavy atom. The molecule has 0 spiro atoms. The fourth-order valence-corrected chi connectivity index (χ4v) is 4.61. The fraction of sp³-hybridized carbons (Fsp3) is 0. The van der Waals surface area contributed by atoms with Crippen molar-refractivity contribution >= 4 is 28.0 Å². The number of benzene rings is 5. The van der Waals surface area contributed by atoms with Crippen LogP contribution in [0.25, 0.3) is 27.7 Å². The van der Waals surface area contributed by atoms with E-state index in [4.69, 9.17) is 0 Å². The predicted molar refractivity (Wildman–Crippen MR) is 143 cm³/mol. The molecule has 5 aromatic carbocycles. The molecule has 0 aliphatic heterocycles. The molecule has 1 heterocycles. The lowest BCUT2D eigenvalue weighted by molar-refractivity contribution is 1.13. The number of hydrogen-bond donors (Lipinski definition) is 0. The minimum atomic E-state index is 1.13. The van der Waals surface area contributed by atoms with Gasteiger partial charge in [-0.3, -0.25) is 0 Å². The molecular formula is C32H24N2. The summed E-state index contributed by atoms with van der Waals surface area (Å²) in [6, 6.07) is 49.1. The lowest BCUT2D eigenvalue weighted by Gasteiger charge is -2.25. The van der Waals surface area contributed by atoms with Gasteiger partial charge in [0.25, 0.3) is 0 Å². The Hall–Kier alpha value is -4.56. The second-order valence-corrected chi connectivity index (χ2v) is 8.32. The van der Waals surface area contributed by atoms with Crippen LogP contribution in [0.4, 0.5) is 17.1 Å². The van der Waals surface area contributed by atoms with Gasteiger partial charge in [0, 0.05) is 39.9 Å². The van der Waals surface area contributed by atoms with Gasteiger partial charge in [0.2, 0.25) is 0 Å². The van der Waals surface area contributed by atoms with Crippen LogP contribution >= 0.6 is 0 Å².